The first kappa shape index (κ1) is 12.5. The fraction of sp³-hybridized carbons (Fsp3) is 0.462. The Hall–Kier alpha value is -1.91. The fourth-order valence-corrected chi connectivity index (χ4v) is 1.78. The zero-order valence-corrected chi connectivity index (χ0v) is 10.8. The topological polar surface area (TPSA) is 54.9 Å². The molecule has 1 aromatic carbocycles. The van der Waals surface area contributed by atoms with Crippen molar-refractivity contribution in [2.45, 2.75) is 13.0 Å². The van der Waals surface area contributed by atoms with E-state index in [0.717, 1.165) is 36.0 Å². The molecule has 1 aliphatic heterocycles. The quantitative estimate of drug-likeness (QED) is 0.609. The molecule has 0 fully saturated rings. The van der Waals surface area contributed by atoms with Gasteiger partial charge in [-0.2, -0.15) is 0 Å². The lowest BCUT2D eigenvalue weighted by molar-refractivity contribution is 0.297. The van der Waals surface area contributed by atoms with E-state index >= 15 is 0 Å². The molecule has 98 valence electrons. The summed E-state index contributed by atoms with van der Waals surface area (Å²) in [5, 5.41) is 6.18. The van der Waals surface area contributed by atoms with Crippen molar-refractivity contribution in [2.24, 2.45) is 4.99 Å². The van der Waals surface area contributed by atoms with Crippen LogP contribution in [0.5, 0.6) is 11.5 Å². The Kier molecular flexibility index (Phi) is 4.28. The zero-order valence-electron chi connectivity index (χ0n) is 10.8. The molecule has 0 unspecified atom stereocenters. The van der Waals surface area contributed by atoms with Gasteiger partial charge in [-0.25, -0.2) is 0 Å². The molecular formula is C13H19N3O2. The van der Waals surface area contributed by atoms with Crippen molar-refractivity contribution in [1.82, 2.24) is 10.6 Å². The number of benzene rings is 1. The van der Waals surface area contributed by atoms with Crippen molar-refractivity contribution >= 4 is 5.96 Å². The zero-order chi connectivity index (χ0) is 12.8. The number of aliphatic imine (C=N–C) groups is 1. The molecule has 2 N–H and O–H groups in total. The molecule has 0 bridgehead atoms. The van der Waals surface area contributed by atoms with Gasteiger partial charge in [-0.3, -0.25) is 4.99 Å². The lowest BCUT2D eigenvalue weighted by Crippen LogP contribution is -2.34. The molecule has 0 saturated carbocycles. The van der Waals surface area contributed by atoms with Crippen molar-refractivity contribution < 1.29 is 9.47 Å². The lowest BCUT2D eigenvalue weighted by Gasteiger charge is -2.11. The maximum Gasteiger partial charge on any atom is 0.190 e. The SMILES string of the molecule is CN=C(NC)NCc1ccc2c(c1)OCCCO2. The van der Waals surface area contributed by atoms with E-state index in [4.69, 9.17) is 9.47 Å². The summed E-state index contributed by atoms with van der Waals surface area (Å²) >= 11 is 0. The molecule has 5 nitrogen and oxygen atoms in total. The van der Waals surface area contributed by atoms with Crippen LogP contribution < -0.4 is 20.1 Å². The smallest absolute Gasteiger partial charge is 0.190 e. The van der Waals surface area contributed by atoms with Crippen LogP contribution >= 0.6 is 0 Å². The van der Waals surface area contributed by atoms with Crippen LogP contribution in [0.15, 0.2) is 23.2 Å². The molecule has 1 aromatic rings. The van der Waals surface area contributed by atoms with E-state index in [1.54, 1.807) is 7.05 Å². The van der Waals surface area contributed by atoms with Crippen molar-refractivity contribution in [3.05, 3.63) is 23.8 Å². The average Bonchev–Trinajstić information content (AvgIpc) is 2.64. The molecule has 1 aliphatic rings. The molecule has 5 heteroatoms. The molecule has 1 heterocycles. The van der Waals surface area contributed by atoms with Crippen molar-refractivity contribution in [3.8, 4) is 11.5 Å². The number of hydrogen-bond acceptors (Lipinski definition) is 3. The van der Waals surface area contributed by atoms with E-state index in [1.165, 1.54) is 0 Å². The third-order valence-corrected chi connectivity index (χ3v) is 2.73. The molecule has 0 atom stereocenters. The maximum absolute atomic E-state index is 5.65. The number of nitrogens with one attached hydrogen (secondary N) is 2. The second-order valence-corrected chi connectivity index (χ2v) is 4.01. The fourth-order valence-electron chi connectivity index (χ4n) is 1.78. The van der Waals surface area contributed by atoms with E-state index in [1.807, 2.05) is 25.2 Å². The highest BCUT2D eigenvalue weighted by Gasteiger charge is 2.10. The van der Waals surface area contributed by atoms with Gasteiger partial charge in [0.15, 0.2) is 17.5 Å². The summed E-state index contributed by atoms with van der Waals surface area (Å²) in [5.41, 5.74) is 1.13. The van der Waals surface area contributed by atoms with Gasteiger partial charge in [-0.15, -0.1) is 0 Å². The van der Waals surface area contributed by atoms with Crippen molar-refractivity contribution in [3.63, 3.8) is 0 Å². The monoisotopic (exact) mass is 249 g/mol. The minimum absolute atomic E-state index is 0.699. The molecule has 0 amide bonds. The highest BCUT2D eigenvalue weighted by atomic mass is 16.5. The van der Waals surface area contributed by atoms with Gasteiger partial charge in [0.1, 0.15) is 0 Å². The molecule has 0 radical (unpaired) electrons. The number of ether oxygens (including phenoxy) is 2. The maximum atomic E-state index is 5.65. The Bertz CT molecular complexity index is 432. The van der Waals surface area contributed by atoms with Crippen LogP contribution in [0.25, 0.3) is 0 Å². The summed E-state index contributed by atoms with van der Waals surface area (Å²) in [6.07, 6.45) is 0.925. The first-order chi connectivity index (χ1) is 8.83. The van der Waals surface area contributed by atoms with Gasteiger partial charge < -0.3 is 20.1 Å². The Morgan fingerprint density at radius 2 is 2.06 bits per heavy atom. The van der Waals surface area contributed by atoms with Crippen LogP contribution in [0.2, 0.25) is 0 Å². The summed E-state index contributed by atoms with van der Waals surface area (Å²) in [5.74, 6) is 2.42. The van der Waals surface area contributed by atoms with Crippen molar-refractivity contribution in [1.29, 1.82) is 0 Å². The first-order valence-corrected chi connectivity index (χ1v) is 6.10. The molecule has 0 aliphatic carbocycles. The second kappa shape index (κ2) is 6.14. The third-order valence-electron chi connectivity index (χ3n) is 2.73. The minimum atomic E-state index is 0.699. The molecular weight excluding hydrogens is 230 g/mol. The van der Waals surface area contributed by atoms with E-state index in [-0.39, 0.29) is 0 Å². The Morgan fingerprint density at radius 1 is 1.28 bits per heavy atom. The average molecular weight is 249 g/mol. The van der Waals surface area contributed by atoms with Gasteiger partial charge in [0.2, 0.25) is 0 Å². The van der Waals surface area contributed by atoms with E-state index < -0.39 is 0 Å². The standard InChI is InChI=1S/C13H19N3O2/c1-14-13(15-2)16-9-10-4-5-11-12(8-10)18-7-3-6-17-11/h4-5,8H,3,6-7,9H2,1-2H3,(H2,14,15,16). The largest absolute Gasteiger partial charge is 0.490 e. The number of rotatable bonds is 2. The van der Waals surface area contributed by atoms with Crippen LogP contribution in [-0.4, -0.2) is 33.3 Å². The molecule has 0 aromatic heterocycles. The van der Waals surface area contributed by atoms with E-state index in [0.29, 0.717) is 13.2 Å². The van der Waals surface area contributed by atoms with Crippen LogP contribution in [0.4, 0.5) is 0 Å². The number of fused-ring (bicyclic) bond motifs is 1. The summed E-state index contributed by atoms with van der Waals surface area (Å²) in [4.78, 5) is 4.06. The first-order valence-electron chi connectivity index (χ1n) is 6.10. The van der Waals surface area contributed by atoms with E-state index in [9.17, 15) is 0 Å². The predicted molar refractivity (Wildman–Crippen MR) is 71.3 cm³/mol. The van der Waals surface area contributed by atoms with Crippen LogP contribution in [0.1, 0.15) is 12.0 Å². The molecule has 2 rings (SSSR count). The van der Waals surface area contributed by atoms with Gasteiger partial charge in [0.05, 0.1) is 13.2 Å². The molecule has 0 spiro atoms. The van der Waals surface area contributed by atoms with Gasteiger partial charge in [0, 0.05) is 27.1 Å². The number of nitrogens with zero attached hydrogens (tertiary/aromatic N) is 1. The van der Waals surface area contributed by atoms with Gasteiger partial charge >= 0.3 is 0 Å². The second-order valence-electron chi connectivity index (χ2n) is 4.01. The predicted octanol–water partition coefficient (Wildman–Crippen LogP) is 1.14. The summed E-state index contributed by atoms with van der Waals surface area (Å²) < 4.78 is 11.2. The van der Waals surface area contributed by atoms with Gasteiger partial charge in [-0.1, -0.05) is 6.07 Å². The van der Waals surface area contributed by atoms with Gasteiger partial charge in [-0.05, 0) is 17.7 Å². The Balaban J connectivity index is 2.04. The number of hydrogen-bond donors (Lipinski definition) is 2. The highest BCUT2D eigenvalue weighted by Crippen LogP contribution is 2.30. The van der Waals surface area contributed by atoms with E-state index in [2.05, 4.69) is 15.6 Å². The number of guanidine groups is 1. The summed E-state index contributed by atoms with van der Waals surface area (Å²) in [6, 6.07) is 6.00. The highest BCUT2D eigenvalue weighted by molar-refractivity contribution is 5.79. The molecule has 18 heavy (non-hydrogen) atoms. The van der Waals surface area contributed by atoms with Gasteiger partial charge in [0.25, 0.3) is 0 Å². The van der Waals surface area contributed by atoms with Crippen LogP contribution in [0, 0.1) is 0 Å². The minimum Gasteiger partial charge on any atom is -0.490 e. The summed E-state index contributed by atoms with van der Waals surface area (Å²) in [6.45, 7) is 2.13. The lowest BCUT2D eigenvalue weighted by atomic mass is 10.2. The van der Waals surface area contributed by atoms with Crippen molar-refractivity contribution in [2.75, 3.05) is 27.3 Å². The van der Waals surface area contributed by atoms with Crippen LogP contribution in [-0.2, 0) is 6.54 Å². The Morgan fingerprint density at radius 3 is 2.78 bits per heavy atom. The van der Waals surface area contributed by atoms with Crippen LogP contribution in [0.3, 0.4) is 0 Å². The third kappa shape index (κ3) is 3.06. The summed E-state index contributed by atoms with van der Waals surface area (Å²) in [7, 11) is 3.58. The normalized spacial score (nSPS) is 14.9. The Labute approximate surface area is 107 Å². The molecule has 0 saturated heterocycles.